The lowest BCUT2D eigenvalue weighted by Crippen LogP contribution is -2.35. The van der Waals surface area contributed by atoms with Gasteiger partial charge in [0.1, 0.15) is 5.78 Å². The minimum atomic E-state index is -0.713. The van der Waals surface area contributed by atoms with E-state index >= 15 is 0 Å². The summed E-state index contributed by atoms with van der Waals surface area (Å²) >= 11 is 0. The maximum absolute atomic E-state index is 10.8. The third-order valence-corrected chi connectivity index (χ3v) is 3.46. The highest BCUT2D eigenvalue weighted by Gasteiger charge is 2.34. The van der Waals surface area contributed by atoms with Gasteiger partial charge >= 0.3 is 0 Å². The first-order chi connectivity index (χ1) is 4.61. The number of carbonyl (C=O) groups excluding carboxylic acids is 1. The number of ketones is 1. The maximum Gasteiger partial charge on any atom is 0.132 e. The Hall–Kier alpha value is -0.180. The van der Waals surface area contributed by atoms with Crippen LogP contribution in [0.2, 0.25) is 0 Å². The fourth-order valence-electron chi connectivity index (χ4n) is 1.17. The molecule has 0 saturated heterocycles. The van der Waals surface area contributed by atoms with Crippen LogP contribution in [0.3, 0.4) is 0 Å². The van der Waals surface area contributed by atoms with Gasteiger partial charge in [0, 0.05) is 28.2 Å². The van der Waals surface area contributed by atoms with Crippen LogP contribution in [0.4, 0.5) is 0 Å². The molecule has 0 aromatic rings. The van der Waals surface area contributed by atoms with E-state index in [1.54, 1.807) is 13.2 Å². The molecule has 0 radical (unpaired) electrons. The second kappa shape index (κ2) is 2.82. The monoisotopic (exact) mass is 160 g/mol. The zero-order chi connectivity index (χ0) is 7.72. The molecule has 0 aromatic heterocycles. The highest BCUT2D eigenvalue weighted by atomic mass is 32.2. The van der Waals surface area contributed by atoms with Gasteiger partial charge in [-0.3, -0.25) is 9.00 Å². The molecule has 3 heteroatoms. The van der Waals surface area contributed by atoms with Gasteiger partial charge in [-0.05, 0) is 19.8 Å². The van der Waals surface area contributed by atoms with Crippen molar-refractivity contribution in [3.05, 3.63) is 0 Å². The highest BCUT2D eigenvalue weighted by Crippen LogP contribution is 2.31. The minimum absolute atomic E-state index is 0.217. The lowest BCUT2D eigenvalue weighted by molar-refractivity contribution is -0.122. The molecule has 1 atom stereocenters. The van der Waals surface area contributed by atoms with Crippen molar-refractivity contribution in [3.8, 4) is 0 Å². The van der Waals surface area contributed by atoms with E-state index < -0.39 is 10.8 Å². The molecular weight excluding hydrogens is 148 g/mol. The summed E-state index contributed by atoms with van der Waals surface area (Å²) in [7, 11) is -0.713. The van der Waals surface area contributed by atoms with Crippen molar-refractivity contribution in [2.75, 3.05) is 6.26 Å². The summed E-state index contributed by atoms with van der Waals surface area (Å²) < 4.78 is 10.8. The van der Waals surface area contributed by atoms with E-state index in [4.69, 9.17) is 0 Å². The number of carbonyl (C=O) groups is 1. The van der Waals surface area contributed by atoms with Crippen LogP contribution in [0.25, 0.3) is 0 Å². The molecule has 2 nitrogen and oxygen atoms in total. The second-order valence-electron chi connectivity index (χ2n) is 2.90. The van der Waals surface area contributed by atoms with Crippen molar-refractivity contribution >= 4 is 16.6 Å². The standard InChI is InChI=1S/C7H12O2S/c1-5(8)6-3-7(4-6)10(2)9/h6-7H,3-4H2,1-2H3. The zero-order valence-electron chi connectivity index (χ0n) is 6.29. The summed E-state index contributed by atoms with van der Waals surface area (Å²) in [6.07, 6.45) is 3.40. The normalized spacial score (nSPS) is 34.6. The largest absolute Gasteiger partial charge is 0.300 e. The SMILES string of the molecule is CC(=O)C1CC(S(C)=O)C1. The van der Waals surface area contributed by atoms with E-state index in [2.05, 4.69) is 0 Å². The van der Waals surface area contributed by atoms with Crippen molar-refractivity contribution < 1.29 is 9.00 Å². The second-order valence-corrected chi connectivity index (χ2v) is 4.56. The molecule has 1 unspecified atom stereocenters. The van der Waals surface area contributed by atoms with E-state index in [9.17, 15) is 9.00 Å². The van der Waals surface area contributed by atoms with Crippen molar-refractivity contribution in [3.63, 3.8) is 0 Å². The molecule has 0 aliphatic heterocycles. The van der Waals surface area contributed by atoms with E-state index in [0.717, 1.165) is 12.8 Å². The quantitative estimate of drug-likeness (QED) is 0.597. The molecule has 0 heterocycles. The Balaban J connectivity index is 2.31. The third kappa shape index (κ3) is 1.45. The predicted molar refractivity (Wildman–Crippen MR) is 41.3 cm³/mol. The summed E-state index contributed by atoms with van der Waals surface area (Å²) in [6, 6.07) is 0. The summed E-state index contributed by atoms with van der Waals surface area (Å²) in [5.74, 6) is 0.468. The van der Waals surface area contributed by atoms with Crippen molar-refractivity contribution in [1.82, 2.24) is 0 Å². The van der Waals surface area contributed by atoms with E-state index in [1.165, 1.54) is 0 Å². The molecule has 1 aliphatic rings. The molecule has 0 amide bonds. The fraction of sp³-hybridized carbons (Fsp3) is 0.857. The molecule has 1 fully saturated rings. The van der Waals surface area contributed by atoms with Crippen LogP contribution in [-0.2, 0) is 15.6 Å². The van der Waals surface area contributed by atoms with Gasteiger partial charge in [-0.15, -0.1) is 0 Å². The van der Waals surface area contributed by atoms with E-state index in [1.807, 2.05) is 0 Å². The molecule has 1 aliphatic carbocycles. The molecule has 0 N–H and O–H groups in total. The van der Waals surface area contributed by atoms with Gasteiger partial charge < -0.3 is 0 Å². The highest BCUT2D eigenvalue weighted by molar-refractivity contribution is 7.84. The molecular formula is C7H12O2S. The first-order valence-electron chi connectivity index (χ1n) is 3.44. The molecule has 58 valence electrons. The predicted octanol–water partition coefficient (Wildman–Crippen LogP) is 0.733. The van der Waals surface area contributed by atoms with Crippen molar-refractivity contribution in [1.29, 1.82) is 0 Å². The summed E-state index contributed by atoms with van der Waals surface area (Å²) in [5, 5.41) is 0.300. The number of Topliss-reactive ketones (excluding diaryl/α,β-unsaturated/α-hetero) is 1. The molecule has 0 aromatic carbocycles. The van der Waals surface area contributed by atoms with Crippen LogP contribution < -0.4 is 0 Å². The number of hydrogen-bond acceptors (Lipinski definition) is 2. The Morgan fingerprint density at radius 1 is 1.50 bits per heavy atom. The van der Waals surface area contributed by atoms with Crippen LogP contribution >= 0.6 is 0 Å². The van der Waals surface area contributed by atoms with Crippen LogP contribution in [0.15, 0.2) is 0 Å². The van der Waals surface area contributed by atoms with Crippen LogP contribution in [0.5, 0.6) is 0 Å². The molecule has 1 saturated carbocycles. The number of rotatable bonds is 2. The molecule has 0 spiro atoms. The lowest BCUT2D eigenvalue weighted by Gasteiger charge is -2.31. The van der Waals surface area contributed by atoms with E-state index in [-0.39, 0.29) is 11.7 Å². The van der Waals surface area contributed by atoms with Gasteiger partial charge in [-0.25, -0.2) is 0 Å². The van der Waals surface area contributed by atoms with Gasteiger partial charge in [0.15, 0.2) is 0 Å². The lowest BCUT2D eigenvalue weighted by atomic mass is 9.82. The molecule has 1 rings (SSSR count). The van der Waals surface area contributed by atoms with Gasteiger partial charge in [0.05, 0.1) is 0 Å². The minimum Gasteiger partial charge on any atom is -0.300 e. The first kappa shape index (κ1) is 7.92. The van der Waals surface area contributed by atoms with Gasteiger partial charge in [0.2, 0.25) is 0 Å². The Kier molecular flexibility index (Phi) is 2.24. The number of hydrogen-bond donors (Lipinski definition) is 0. The van der Waals surface area contributed by atoms with Gasteiger partial charge in [-0.1, -0.05) is 0 Å². The Morgan fingerprint density at radius 3 is 2.30 bits per heavy atom. The van der Waals surface area contributed by atoms with Crippen LogP contribution in [0, 0.1) is 5.92 Å². The Morgan fingerprint density at radius 2 is 2.00 bits per heavy atom. The van der Waals surface area contributed by atoms with Gasteiger partial charge in [-0.2, -0.15) is 0 Å². The smallest absolute Gasteiger partial charge is 0.132 e. The average Bonchev–Trinajstić information content (AvgIpc) is 1.56. The summed E-state index contributed by atoms with van der Waals surface area (Å²) in [4.78, 5) is 10.7. The van der Waals surface area contributed by atoms with E-state index in [0.29, 0.717) is 5.25 Å². The summed E-state index contributed by atoms with van der Waals surface area (Å²) in [5.41, 5.74) is 0. The van der Waals surface area contributed by atoms with Crippen molar-refractivity contribution in [2.45, 2.75) is 25.0 Å². The third-order valence-electron chi connectivity index (χ3n) is 2.14. The fourth-order valence-corrected chi connectivity index (χ4v) is 2.18. The average molecular weight is 160 g/mol. The Bertz CT molecular complexity index is 152. The van der Waals surface area contributed by atoms with Crippen molar-refractivity contribution in [2.24, 2.45) is 5.92 Å². The van der Waals surface area contributed by atoms with Crippen LogP contribution in [-0.4, -0.2) is 21.5 Å². The maximum atomic E-state index is 10.8. The van der Waals surface area contributed by atoms with Gasteiger partial charge in [0.25, 0.3) is 0 Å². The molecule has 10 heavy (non-hydrogen) atoms. The molecule has 0 bridgehead atoms. The zero-order valence-corrected chi connectivity index (χ0v) is 7.11. The summed E-state index contributed by atoms with van der Waals surface area (Å²) in [6.45, 7) is 1.61. The topological polar surface area (TPSA) is 34.1 Å². The van der Waals surface area contributed by atoms with Crippen LogP contribution in [0.1, 0.15) is 19.8 Å². The first-order valence-corrected chi connectivity index (χ1v) is 5.06. The Labute approximate surface area is 63.5 Å².